The molecule has 0 N–H and O–H groups in total. The van der Waals surface area contributed by atoms with Gasteiger partial charge in [0, 0.05) is 37.4 Å². The number of rotatable bonds is 7. The van der Waals surface area contributed by atoms with Gasteiger partial charge in [-0.25, -0.2) is 4.98 Å². The number of fused-ring (bicyclic) bond motifs is 3. The molecule has 7 aromatic rings. The Bertz CT molecular complexity index is 2270. The molecule has 4 heterocycles. The summed E-state index contributed by atoms with van der Waals surface area (Å²) in [4.78, 5) is 14.1. The minimum atomic E-state index is -1.85. The second kappa shape index (κ2) is 16.4. The molecular weight excluding hydrogens is 875 g/mol. The van der Waals surface area contributed by atoms with Crippen molar-refractivity contribution < 1.29 is 24.5 Å². The summed E-state index contributed by atoms with van der Waals surface area (Å²) in [6.07, 6.45) is 10.6. The van der Waals surface area contributed by atoms with Crippen LogP contribution in [0.5, 0.6) is 0 Å². The van der Waals surface area contributed by atoms with Crippen LogP contribution >= 0.6 is 0 Å². The van der Waals surface area contributed by atoms with Crippen molar-refractivity contribution in [1.82, 2.24) is 15.0 Å². The van der Waals surface area contributed by atoms with Crippen LogP contribution in [0.25, 0.3) is 55.7 Å². The summed E-state index contributed by atoms with van der Waals surface area (Å²) >= 11 is -1.85. The average molecular weight is 923 g/mol. The fourth-order valence-corrected chi connectivity index (χ4v) is 11.0. The topological polar surface area (TPSA) is 51.8 Å². The van der Waals surface area contributed by atoms with Gasteiger partial charge >= 0.3 is 119 Å². The second-order valence-electron chi connectivity index (χ2n) is 15.3. The number of hydrogen-bond donors (Lipinski definition) is 0. The van der Waals surface area contributed by atoms with Gasteiger partial charge in [0.05, 0.1) is 5.58 Å². The largest absolute Gasteiger partial charge is 0.486 e. The van der Waals surface area contributed by atoms with E-state index in [0.29, 0.717) is 11.6 Å². The van der Waals surface area contributed by atoms with Gasteiger partial charge in [-0.15, -0.1) is 18.2 Å². The fraction of sp³-hybridized carbons (Fsp3) is 0.283. The first-order valence-electron chi connectivity index (χ1n) is 18.4. The molecule has 1 aliphatic rings. The summed E-state index contributed by atoms with van der Waals surface area (Å²) in [6, 6.07) is 38.0. The Hall–Kier alpha value is -3.90. The first-order valence-corrected chi connectivity index (χ1v) is 25.7. The normalized spacial score (nSPS) is 13.3. The molecule has 0 aliphatic heterocycles. The zero-order chi connectivity index (χ0) is 35.5. The summed E-state index contributed by atoms with van der Waals surface area (Å²) < 4.78 is 7.89. The van der Waals surface area contributed by atoms with E-state index >= 15 is 0 Å². The van der Waals surface area contributed by atoms with E-state index in [9.17, 15) is 0 Å². The van der Waals surface area contributed by atoms with Gasteiger partial charge in [-0.1, -0.05) is 78.6 Å². The predicted molar refractivity (Wildman–Crippen MR) is 215 cm³/mol. The Kier molecular flexibility index (Phi) is 11.9. The zero-order valence-corrected chi connectivity index (χ0v) is 35.6. The van der Waals surface area contributed by atoms with Crippen LogP contribution < -0.4 is 4.40 Å². The van der Waals surface area contributed by atoms with Gasteiger partial charge in [0.25, 0.3) is 0 Å². The van der Waals surface area contributed by atoms with E-state index in [2.05, 4.69) is 115 Å². The van der Waals surface area contributed by atoms with Gasteiger partial charge in [-0.05, 0) is 48.2 Å². The van der Waals surface area contributed by atoms with Gasteiger partial charge in [-0.2, -0.15) is 0 Å². The van der Waals surface area contributed by atoms with E-state index < -0.39 is 13.3 Å². The SMILES string of the molecule is CC(C)c1cc(-c2[c-]cccc2)nc[c]1[Ge]([CH3])([CH3])[CH3].Cc1cc(-c2ccccc2)c2c(n1)oc1c(-c3cc(CC4CCCC4)ccn3)[c-]ccc12.[Ir]. The van der Waals surface area contributed by atoms with E-state index in [-0.39, 0.29) is 20.1 Å². The molecule has 0 saturated heterocycles. The molecule has 3 aromatic carbocycles. The maximum atomic E-state index is 6.37. The maximum absolute atomic E-state index is 6.37. The molecular formula is C46H47GeIrN3O-2. The van der Waals surface area contributed by atoms with Crippen molar-refractivity contribution >= 4 is 39.7 Å². The van der Waals surface area contributed by atoms with Gasteiger partial charge in [-0.3, -0.25) is 0 Å². The molecule has 52 heavy (non-hydrogen) atoms. The van der Waals surface area contributed by atoms with Crippen molar-refractivity contribution in [2.75, 3.05) is 0 Å². The smallest absolute Gasteiger partial charge is 0.216 e. The summed E-state index contributed by atoms with van der Waals surface area (Å²) in [5, 5.41) is 2.11. The fourth-order valence-electron chi connectivity index (χ4n) is 7.46. The first kappa shape index (κ1) is 37.8. The third kappa shape index (κ3) is 8.33. The van der Waals surface area contributed by atoms with Gasteiger partial charge < -0.3 is 9.40 Å². The molecule has 0 bridgehead atoms. The van der Waals surface area contributed by atoms with Crippen molar-refractivity contribution in [3.05, 3.63) is 132 Å². The number of aromatic nitrogens is 3. The zero-order valence-electron chi connectivity index (χ0n) is 31.1. The van der Waals surface area contributed by atoms with Gasteiger partial charge in [0.1, 0.15) is 0 Å². The van der Waals surface area contributed by atoms with E-state index in [0.717, 1.165) is 68.0 Å². The summed E-state index contributed by atoms with van der Waals surface area (Å²) in [5.74, 6) is 8.63. The predicted octanol–water partition coefficient (Wildman–Crippen LogP) is 11.8. The summed E-state index contributed by atoms with van der Waals surface area (Å²) in [5.41, 5.74) is 11.5. The number of pyridine rings is 3. The number of nitrogens with zero attached hydrogens (tertiary/aromatic N) is 3. The maximum Gasteiger partial charge on any atom is 0.216 e. The number of hydrogen-bond acceptors (Lipinski definition) is 4. The minimum Gasteiger partial charge on any atom is -0.486 e. The number of benzene rings is 3. The molecule has 0 spiro atoms. The van der Waals surface area contributed by atoms with Crippen LogP contribution in [-0.4, -0.2) is 28.2 Å². The van der Waals surface area contributed by atoms with E-state index in [1.165, 1.54) is 41.2 Å². The molecule has 0 atom stereocenters. The second-order valence-corrected chi connectivity index (χ2v) is 25.9. The Morgan fingerprint density at radius 2 is 1.62 bits per heavy atom. The van der Waals surface area contributed by atoms with Crippen molar-refractivity contribution in [3.8, 4) is 33.6 Å². The molecule has 1 fully saturated rings. The number of aryl methyl sites for hydroxylation is 1. The van der Waals surface area contributed by atoms with Crippen LogP contribution in [0.1, 0.15) is 62.3 Å². The molecule has 1 radical (unpaired) electrons. The van der Waals surface area contributed by atoms with Crippen molar-refractivity contribution in [1.29, 1.82) is 0 Å². The van der Waals surface area contributed by atoms with Crippen molar-refractivity contribution in [2.45, 2.75) is 76.1 Å². The Balaban J connectivity index is 0.000000200. The van der Waals surface area contributed by atoms with E-state index in [1.807, 2.05) is 43.5 Å². The average Bonchev–Trinajstić information content (AvgIpc) is 3.79. The first-order chi connectivity index (χ1) is 24.7. The van der Waals surface area contributed by atoms with Crippen molar-refractivity contribution in [2.24, 2.45) is 5.92 Å². The van der Waals surface area contributed by atoms with Gasteiger partial charge in [0.2, 0.25) is 5.71 Å². The molecule has 4 nitrogen and oxygen atoms in total. The number of furan rings is 1. The van der Waals surface area contributed by atoms with E-state index in [4.69, 9.17) is 14.4 Å². The van der Waals surface area contributed by atoms with Gasteiger partial charge in [0.15, 0.2) is 0 Å². The molecule has 0 unspecified atom stereocenters. The van der Waals surface area contributed by atoms with E-state index in [1.54, 1.807) is 0 Å². The van der Waals surface area contributed by atoms with Crippen LogP contribution in [-0.2, 0) is 26.5 Å². The van der Waals surface area contributed by atoms with Crippen LogP contribution in [0.2, 0.25) is 17.3 Å². The van der Waals surface area contributed by atoms with Crippen LogP contribution in [0.4, 0.5) is 0 Å². The molecule has 6 heteroatoms. The Morgan fingerprint density at radius 3 is 2.33 bits per heavy atom. The van der Waals surface area contributed by atoms with Crippen LogP contribution in [0.3, 0.4) is 0 Å². The van der Waals surface area contributed by atoms with Crippen molar-refractivity contribution in [3.63, 3.8) is 0 Å². The van der Waals surface area contributed by atoms with Crippen LogP contribution in [0.15, 0.2) is 108 Å². The molecule has 4 aromatic heterocycles. The molecule has 1 saturated carbocycles. The standard InChI is InChI=1S/C29H25N2O.C17H22GeN.Ir/c1-19-16-25(22-10-3-2-4-11-22)27-24-13-7-12-23(28(24)32-29(27)31-19)26-18-21(14-15-30-26)17-20-8-5-6-9-20;1-13(2)15-11-17(14-9-7-6-8-10-14)19-12-16(15)18(3,4)5;/h2-4,7,10-11,13-16,18,20H,5-6,8-9,17H2,1H3;6-9,11-13H,1-5H3;/q2*-1;. The third-order valence-electron chi connectivity index (χ3n) is 10.0. The molecule has 267 valence electrons. The third-order valence-corrected chi connectivity index (χ3v) is 14.3. The minimum absolute atomic E-state index is 0. The summed E-state index contributed by atoms with van der Waals surface area (Å²) in [6.45, 7) is 6.55. The molecule has 8 rings (SSSR count). The quantitative estimate of drug-likeness (QED) is 0.118. The molecule has 1 aliphatic carbocycles. The molecule has 0 amide bonds. The Morgan fingerprint density at radius 1 is 0.846 bits per heavy atom. The van der Waals surface area contributed by atoms with Crippen LogP contribution in [0, 0.1) is 25.0 Å². The monoisotopic (exact) mass is 924 g/mol. The summed E-state index contributed by atoms with van der Waals surface area (Å²) in [7, 11) is 0. The Labute approximate surface area is 325 Å².